The quantitative estimate of drug-likeness (QED) is 0.797. The molecule has 0 aliphatic heterocycles. The van der Waals surface area contributed by atoms with Crippen LogP contribution in [0.2, 0.25) is 0 Å². The largest absolute Gasteiger partial charge is 0.390 e. The number of pyridine rings is 1. The van der Waals surface area contributed by atoms with Crippen molar-refractivity contribution < 1.29 is 5.11 Å². The van der Waals surface area contributed by atoms with E-state index in [1.807, 2.05) is 34.9 Å². The number of aromatic nitrogens is 2. The number of anilines is 2. The second-order valence-corrected chi connectivity index (χ2v) is 5.05. The van der Waals surface area contributed by atoms with Crippen molar-refractivity contribution in [2.75, 3.05) is 11.4 Å². The molecular formula is C17H19N3O. The third-order valence-electron chi connectivity index (χ3n) is 3.64. The topological polar surface area (TPSA) is 40.8 Å². The van der Waals surface area contributed by atoms with Crippen LogP contribution in [0.5, 0.6) is 0 Å². The predicted octanol–water partition coefficient (Wildman–Crippen LogP) is 3.29. The van der Waals surface area contributed by atoms with E-state index in [0.29, 0.717) is 0 Å². The molecule has 4 heteroatoms. The number of rotatable bonds is 4. The number of aryl methyl sites for hydroxylation is 1. The third kappa shape index (κ3) is 2.38. The summed E-state index contributed by atoms with van der Waals surface area (Å²) in [6.07, 6.45) is 1.93. The van der Waals surface area contributed by atoms with Crippen LogP contribution in [0.4, 0.5) is 11.5 Å². The first-order valence-corrected chi connectivity index (χ1v) is 7.15. The number of benzene rings is 1. The molecule has 108 valence electrons. The molecule has 21 heavy (non-hydrogen) atoms. The number of aliphatic hydroxyl groups is 1. The van der Waals surface area contributed by atoms with Gasteiger partial charge < -0.3 is 10.0 Å². The summed E-state index contributed by atoms with van der Waals surface area (Å²) in [5.41, 5.74) is 3.97. The van der Waals surface area contributed by atoms with Crippen LogP contribution in [-0.2, 0) is 6.61 Å². The highest BCUT2D eigenvalue weighted by atomic mass is 16.3. The van der Waals surface area contributed by atoms with Gasteiger partial charge in [0.25, 0.3) is 0 Å². The molecule has 0 saturated heterocycles. The predicted molar refractivity (Wildman–Crippen MR) is 85.0 cm³/mol. The molecule has 1 N–H and O–H groups in total. The Morgan fingerprint density at radius 3 is 2.76 bits per heavy atom. The van der Waals surface area contributed by atoms with Gasteiger partial charge in [-0.05, 0) is 43.7 Å². The first kappa shape index (κ1) is 13.6. The van der Waals surface area contributed by atoms with Crippen LogP contribution in [0.1, 0.15) is 18.2 Å². The summed E-state index contributed by atoms with van der Waals surface area (Å²) in [5.74, 6) is 0.816. The molecule has 0 atom stereocenters. The Balaban J connectivity index is 2.17. The van der Waals surface area contributed by atoms with Crippen molar-refractivity contribution in [2.24, 2.45) is 0 Å². The smallest absolute Gasteiger partial charge is 0.157 e. The van der Waals surface area contributed by atoms with Gasteiger partial charge in [-0.25, -0.2) is 4.98 Å². The van der Waals surface area contributed by atoms with Gasteiger partial charge >= 0.3 is 0 Å². The van der Waals surface area contributed by atoms with E-state index < -0.39 is 0 Å². The van der Waals surface area contributed by atoms with E-state index in [-0.39, 0.29) is 6.61 Å². The lowest BCUT2D eigenvalue weighted by Gasteiger charge is -2.22. The molecule has 2 heterocycles. The second kappa shape index (κ2) is 5.58. The van der Waals surface area contributed by atoms with Gasteiger partial charge in [0.15, 0.2) is 5.82 Å². The summed E-state index contributed by atoms with van der Waals surface area (Å²) in [5, 5.41) is 9.76. The minimum Gasteiger partial charge on any atom is -0.390 e. The normalized spacial score (nSPS) is 11.0. The maximum absolute atomic E-state index is 9.76. The molecule has 3 rings (SSSR count). The van der Waals surface area contributed by atoms with Gasteiger partial charge in [0, 0.05) is 18.4 Å². The van der Waals surface area contributed by atoms with E-state index in [4.69, 9.17) is 0 Å². The van der Waals surface area contributed by atoms with Crippen molar-refractivity contribution >= 4 is 17.2 Å². The van der Waals surface area contributed by atoms with E-state index >= 15 is 0 Å². The number of imidazole rings is 1. The van der Waals surface area contributed by atoms with Crippen LogP contribution in [0, 0.1) is 6.92 Å². The molecule has 3 aromatic rings. The first-order valence-electron chi connectivity index (χ1n) is 7.15. The zero-order chi connectivity index (χ0) is 14.8. The van der Waals surface area contributed by atoms with E-state index in [1.54, 1.807) is 0 Å². The number of fused-ring (bicyclic) bond motifs is 1. The Morgan fingerprint density at radius 2 is 2.05 bits per heavy atom. The van der Waals surface area contributed by atoms with Gasteiger partial charge in [-0.15, -0.1) is 0 Å². The highest BCUT2D eigenvalue weighted by molar-refractivity contribution is 5.66. The Bertz CT molecular complexity index is 764. The molecule has 0 radical (unpaired) electrons. The average Bonchev–Trinajstić information content (AvgIpc) is 2.86. The Morgan fingerprint density at radius 1 is 1.19 bits per heavy atom. The van der Waals surface area contributed by atoms with E-state index in [1.165, 1.54) is 5.56 Å². The van der Waals surface area contributed by atoms with Crippen molar-refractivity contribution in [1.82, 2.24) is 9.38 Å². The van der Waals surface area contributed by atoms with Crippen molar-refractivity contribution in [2.45, 2.75) is 20.5 Å². The number of hydrogen-bond donors (Lipinski definition) is 1. The molecule has 0 fully saturated rings. The number of aliphatic hydroxyl groups excluding tert-OH is 1. The molecular weight excluding hydrogens is 262 g/mol. The molecule has 0 spiro atoms. The van der Waals surface area contributed by atoms with Crippen LogP contribution in [0.25, 0.3) is 5.65 Å². The van der Waals surface area contributed by atoms with Crippen LogP contribution in [0.3, 0.4) is 0 Å². The van der Waals surface area contributed by atoms with Crippen molar-refractivity contribution in [3.05, 3.63) is 59.9 Å². The van der Waals surface area contributed by atoms with Gasteiger partial charge in [-0.1, -0.05) is 18.2 Å². The highest BCUT2D eigenvalue weighted by Gasteiger charge is 2.17. The molecule has 4 nitrogen and oxygen atoms in total. The lowest BCUT2D eigenvalue weighted by atomic mass is 10.2. The SMILES string of the molecule is CCN(c1cccc(C)c1)c1nc2ccccn2c1CO. The Labute approximate surface area is 124 Å². The molecule has 2 aromatic heterocycles. The molecule has 0 aliphatic rings. The lowest BCUT2D eigenvalue weighted by Crippen LogP contribution is -2.18. The molecule has 0 amide bonds. The first-order chi connectivity index (χ1) is 10.2. The van der Waals surface area contributed by atoms with Gasteiger partial charge in [0.1, 0.15) is 5.65 Å². The van der Waals surface area contributed by atoms with Gasteiger partial charge in [-0.3, -0.25) is 4.40 Å². The fraction of sp³-hybridized carbons (Fsp3) is 0.235. The summed E-state index contributed by atoms with van der Waals surface area (Å²) >= 11 is 0. The summed E-state index contributed by atoms with van der Waals surface area (Å²) in [4.78, 5) is 6.82. The summed E-state index contributed by atoms with van der Waals surface area (Å²) in [6.45, 7) is 4.92. The molecule has 0 aliphatic carbocycles. The maximum atomic E-state index is 9.76. The monoisotopic (exact) mass is 281 g/mol. The van der Waals surface area contributed by atoms with E-state index in [0.717, 1.165) is 29.4 Å². The fourth-order valence-corrected chi connectivity index (χ4v) is 2.65. The average molecular weight is 281 g/mol. The molecule has 1 aromatic carbocycles. The van der Waals surface area contributed by atoms with Gasteiger partial charge in [0.2, 0.25) is 0 Å². The lowest BCUT2D eigenvalue weighted by molar-refractivity contribution is 0.276. The summed E-state index contributed by atoms with van der Waals surface area (Å²) in [6, 6.07) is 14.2. The van der Waals surface area contributed by atoms with Crippen LogP contribution >= 0.6 is 0 Å². The van der Waals surface area contributed by atoms with Gasteiger partial charge in [-0.2, -0.15) is 0 Å². The maximum Gasteiger partial charge on any atom is 0.157 e. The molecule has 0 unspecified atom stereocenters. The van der Waals surface area contributed by atoms with Crippen molar-refractivity contribution in [3.8, 4) is 0 Å². The summed E-state index contributed by atoms with van der Waals surface area (Å²) in [7, 11) is 0. The Kier molecular flexibility index (Phi) is 3.62. The standard InChI is InChI=1S/C17H19N3O/c1-3-19(14-8-6-7-13(2)11-14)17-15(12-21)20-10-5-4-9-16(20)18-17/h4-11,21H,3,12H2,1-2H3. The number of hydrogen-bond acceptors (Lipinski definition) is 3. The third-order valence-corrected chi connectivity index (χ3v) is 3.64. The highest BCUT2D eigenvalue weighted by Crippen LogP contribution is 2.29. The van der Waals surface area contributed by atoms with Crippen molar-refractivity contribution in [3.63, 3.8) is 0 Å². The van der Waals surface area contributed by atoms with Crippen LogP contribution in [0.15, 0.2) is 48.7 Å². The molecule has 0 saturated carbocycles. The van der Waals surface area contributed by atoms with E-state index in [9.17, 15) is 5.11 Å². The van der Waals surface area contributed by atoms with Crippen LogP contribution < -0.4 is 4.90 Å². The van der Waals surface area contributed by atoms with Crippen LogP contribution in [-0.4, -0.2) is 21.0 Å². The fourth-order valence-electron chi connectivity index (χ4n) is 2.65. The second-order valence-electron chi connectivity index (χ2n) is 5.05. The minimum atomic E-state index is -0.0389. The van der Waals surface area contributed by atoms with E-state index in [2.05, 4.69) is 41.9 Å². The summed E-state index contributed by atoms with van der Waals surface area (Å²) < 4.78 is 1.94. The minimum absolute atomic E-state index is 0.0389. The van der Waals surface area contributed by atoms with Crippen molar-refractivity contribution in [1.29, 1.82) is 0 Å². The zero-order valence-electron chi connectivity index (χ0n) is 12.3. The molecule has 0 bridgehead atoms. The Hall–Kier alpha value is -2.33. The number of nitrogens with zero attached hydrogens (tertiary/aromatic N) is 3. The van der Waals surface area contributed by atoms with Gasteiger partial charge in [0.05, 0.1) is 12.3 Å². The zero-order valence-corrected chi connectivity index (χ0v) is 12.3.